The number of carboxylic acid groups (broad SMARTS) is 1. The summed E-state index contributed by atoms with van der Waals surface area (Å²) in [6.45, 7) is 1.01. The SMILES string of the molecule is COC[C@H]1CN(C(=O)OCc2ccccc2)C[C@@H]1C(=O)O. The summed E-state index contributed by atoms with van der Waals surface area (Å²) in [6.07, 6.45) is -0.483. The van der Waals surface area contributed by atoms with E-state index in [2.05, 4.69) is 0 Å². The van der Waals surface area contributed by atoms with Crippen LogP contribution in [-0.4, -0.2) is 48.9 Å². The lowest BCUT2D eigenvalue weighted by atomic mass is 9.97. The second kappa shape index (κ2) is 7.08. The minimum absolute atomic E-state index is 0.164. The van der Waals surface area contributed by atoms with Gasteiger partial charge in [0.1, 0.15) is 6.61 Å². The molecule has 2 atom stereocenters. The zero-order valence-electron chi connectivity index (χ0n) is 11.9. The molecule has 1 aromatic carbocycles. The van der Waals surface area contributed by atoms with E-state index in [-0.39, 0.29) is 19.1 Å². The number of carbonyl (C=O) groups excluding carboxylic acids is 1. The van der Waals surface area contributed by atoms with E-state index in [1.165, 1.54) is 12.0 Å². The standard InChI is InChI=1S/C15H19NO5/c1-20-10-12-7-16(8-13(12)14(17)18)15(19)21-9-11-5-3-2-4-6-11/h2-6,12-13H,7-10H2,1H3,(H,17,18)/t12-,13+/m1/s1. The molecule has 0 radical (unpaired) electrons. The Bertz CT molecular complexity index is 490. The van der Waals surface area contributed by atoms with Gasteiger partial charge in [0.15, 0.2) is 0 Å². The number of methoxy groups -OCH3 is 1. The lowest BCUT2D eigenvalue weighted by Gasteiger charge is -2.16. The fraction of sp³-hybridized carbons (Fsp3) is 0.467. The highest BCUT2D eigenvalue weighted by Gasteiger charge is 2.40. The average molecular weight is 293 g/mol. The van der Waals surface area contributed by atoms with E-state index in [0.29, 0.717) is 13.2 Å². The number of hydrogen-bond acceptors (Lipinski definition) is 4. The van der Waals surface area contributed by atoms with Crippen molar-refractivity contribution in [1.29, 1.82) is 0 Å². The van der Waals surface area contributed by atoms with Gasteiger partial charge in [0.05, 0.1) is 12.5 Å². The Morgan fingerprint density at radius 2 is 2.00 bits per heavy atom. The van der Waals surface area contributed by atoms with Crippen molar-refractivity contribution < 1.29 is 24.2 Å². The van der Waals surface area contributed by atoms with Crippen LogP contribution in [0.25, 0.3) is 0 Å². The van der Waals surface area contributed by atoms with E-state index >= 15 is 0 Å². The molecule has 2 rings (SSSR count). The molecule has 1 heterocycles. The van der Waals surface area contributed by atoms with Gasteiger partial charge in [-0.25, -0.2) is 4.79 Å². The van der Waals surface area contributed by atoms with E-state index in [0.717, 1.165) is 5.56 Å². The van der Waals surface area contributed by atoms with Gasteiger partial charge in [-0.15, -0.1) is 0 Å². The average Bonchev–Trinajstić information content (AvgIpc) is 2.90. The van der Waals surface area contributed by atoms with Crippen LogP contribution in [0.5, 0.6) is 0 Å². The number of hydrogen-bond donors (Lipinski definition) is 1. The van der Waals surface area contributed by atoms with E-state index in [1.807, 2.05) is 30.3 Å². The molecule has 1 N–H and O–H groups in total. The minimum atomic E-state index is -0.907. The summed E-state index contributed by atoms with van der Waals surface area (Å²) >= 11 is 0. The van der Waals surface area contributed by atoms with Crippen molar-refractivity contribution in [3.63, 3.8) is 0 Å². The van der Waals surface area contributed by atoms with E-state index < -0.39 is 18.0 Å². The maximum absolute atomic E-state index is 12.0. The number of carbonyl (C=O) groups is 2. The fourth-order valence-corrected chi connectivity index (χ4v) is 2.49. The van der Waals surface area contributed by atoms with Crippen molar-refractivity contribution in [2.45, 2.75) is 6.61 Å². The van der Waals surface area contributed by atoms with E-state index in [9.17, 15) is 14.7 Å². The van der Waals surface area contributed by atoms with Gasteiger partial charge in [0.25, 0.3) is 0 Å². The van der Waals surface area contributed by atoms with Crippen LogP contribution in [-0.2, 0) is 20.9 Å². The molecule has 0 spiro atoms. The third-order valence-corrected chi connectivity index (χ3v) is 3.60. The minimum Gasteiger partial charge on any atom is -0.481 e. The van der Waals surface area contributed by atoms with Crippen molar-refractivity contribution in [2.24, 2.45) is 11.8 Å². The number of benzene rings is 1. The molecule has 1 aliphatic rings. The van der Waals surface area contributed by atoms with Crippen LogP contribution in [0, 0.1) is 11.8 Å². The Labute approximate surface area is 123 Å². The highest BCUT2D eigenvalue weighted by atomic mass is 16.6. The molecule has 1 amide bonds. The molecule has 114 valence electrons. The largest absolute Gasteiger partial charge is 0.481 e. The molecule has 1 saturated heterocycles. The third kappa shape index (κ3) is 3.95. The molecular weight excluding hydrogens is 274 g/mol. The van der Waals surface area contributed by atoms with Gasteiger partial charge >= 0.3 is 12.1 Å². The maximum atomic E-state index is 12.0. The maximum Gasteiger partial charge on any atom is 0.410 e. The molecule has 0 aromatic heterocycles. The summed E-state index contributed by atoms with van der Waals surface area (Å²) in [5.74, 6) is -1.71. The molecule has 0 unspecified atom stereocenters. The summed E-state index contributed by atoms with van der Waals surface area (Å²) < 4.78 is 10.2. The second-order valence-electron chi connectivity index (χ2n) is 5.11. The number of ether oxygens (including phenoxy) is 2. The Morgan fingerprint density at radius 3 is 2.62 bits per heavy atom. The van der Waals surface area contributed by atoms with Crippen LogP contribution < -0.4 is 0 Å². The highest BCUT2D eigenvalue weighted by Crippen LogP contribution is 2.24. The zero-order chi connectivity index (χ0) is 15.2. The van der Waals surface area contributed by atoms with Gasteiger partial charge in [-0.3, -0.25) is 4.79 Å². The first-order valence-electron chi connectivity index (χ1n) is 6.79. The Kier molecular flexibility index (Phi) is 5.16. The number of rotatable bonds is 5. The van der Waals surface area contributed by atoms with Crippen LogP contribution in [0.4, 0.5) is 4.79 Å². The number of nitrogens with zero attached hydrogens (tertiary/aromatic N) is 1. The van der Waals surface area contributed by atoms with Crippen LogP contribution in [0.15, 0.2) is 30.3 Å². The van der Waals surface area contributed by atoms with Gasteiger partial charge in [-0.1, -0.05) is 30.3 Å². The number of likely N-dealkylation sites (tertiary alicyclic amines) is 1. The normalized spacial score (nSPS) is 21.3. The van der Waals surface area contributed by atoms with Gasteiger partial charge in [0.2, 0.25) is 0 Å². The lowest BCUT2D eigenvalue weighted by molar-refractivity contribution is -0.143. The summed E-state index contributed by atoms with van der Waals surface area (Å²) in [5, 5.41) is 9.18. The molecule has 0 bridgehead atoms. The van der Waals surface area contributed by atoms with E-state index in [1.54, 1.807) is 0 Å². The summed E-state index contributed by atoms with van der Waals surface area (Å²) in [4.78, 5) is 24.6. The molecule has 6 nitrogen and oxygen atoms in total. The number of aliphatic carboxylic acids is 1. The fourth-order valence-electron chi connectivity index (χ4n) is 2.49. The molecule has 0 aliphatic carbocycles. The summed E-state index contributed by atoms with van der Waals surface area (Å²) in [7, 11) is 1.52. The van der Waals surface area contributed by atoms with Gasteiger partial charge in [-0.2, -0.15) is 0 Å². The van der Waals surface area contributed by atoms with Crippen molar-refractivity contribution in [3.05, 3.63) is 35.9 Å². The highest BCUT2D eigenvalue weighted by molar-refractivity contribution is 5.74. The molecule has 21 heavy (non-hydrogen) atoms. The van der Waals surface area contributed by atoms with Crippen molar-refractivity contribution >= 4 is 12.1 Å². The smallest absolute Gasteiger partial charge is 0.410 e. The van der Waals surface area contributed by atoms with Crippen molar-refractivity contribution in [1.82, 2.24) is 4.90 Å². The quantitative estimate of drug-likeness (QED) is 0.892. The topological polar surface area (TPSA) is 76.1 Å². The Hall–Kier alpha value is -2.08. The summed E-state index contributed by atoms with van der Waals surface area (Å²) in [6, 6.07) is 9.36. The predicted octanol–water partition coefficient (Wildman–Crippen LogP) is 1.60. The van der Waals surface area contributed by atoms with Crippen LogP contribution in [0.1, 0.15) is 5.56 Å². The molecule has 0 saturated carbocycles. The van der Waals surface area contributed by atoms with Crippen molar-refractivity contribution in [3.8, 4) is 0 Å². The second-order valence-corrected chi connectivity index (χ2v) is 5.11. The van der Waals surface area contributed by atoms with Gasteiger partial charge in [0, 0.05) is 26.1 Å². The first-order chi connectivity index (χ1) is 10.1. The monoisotopic (exact) mass is 293 g/mol. The molecule has 6 heteroatoms. The number of amides is 1. The van der Waals surface area contributed by atoms with Gasteiger partial charge in [-0.05, 0) is 5.56 Å². The number of carboxylic acids is 1. The predicted molar refractivity (Wildman–Crippen MR) is 74.7 cm³/mol. The molecular formula is C15H19NO5. The molecule has 1 aliphatic heterocycles. The lowest BCUT2D eigenvalue weighted by Crippen LogP contribution is -2.30. The Balaban J connectivity index is 1.89. The first kappa shape index (κ1) is 15.3. The van der Waals surface area contributed by atoms with Crippen LogP contribution >= 0.6 is 0 Å². The van der Waals surface area contributed by atoms with E-state index in [4.69, 9.17) is 9.47 Å². The third-order valence-electron chi connectivity index (χ3n) is 3.60. The Morgan fingerprint density at radius 1 is 1.29 bits per heavy atom. The van der Waals surface area contributed by atoms with Crippen LogP contribution in [0.3, 0.4) is 0 Å². The van der Waals surface area contributed by atoms with Crippen molar-refractivity contribution in [2.75, 3.05) is 26.8 Å². The molecule has 1 fully saturated rings. The zero-order valence-corrected chi connectivity index (χ0v) is 11.9. The first-order valence-corrected chi connectivity index (χ1v) is 6.79. The summed E-state index contributed by atoms with van der Waals surface area (Å²) in [5.41, 5.74) is 0.897. The van der Waals surface area contributed by atoms with Crippen LogP contribution in [0.2, 0.25) is 0 Å². The molecule has 1 aromatic rings. The van der Waals surface area contributed by atoms with Gasteiger partial charge < -0.3 is 19.5 Å².